The third-order valence-electron chi connectivity index (χ3n) is 1.77. The quantitative estimate of drug-likeness (QED) is 0.557. The van der Waals surface area contributed by atoms with Crippen molar-refractivity contribution in [1.29, 1.82) is 0 Å². The lowest BCUT2D eigenvalue weighted by Crippen LogP contribution is -2.52. The predicted molar refractivity (Wildman–Crippen MR) is 48.1 cm³/mol. The van der Waals surface area contributed by atoms with E-state index in [0.717, 1.165) is 0 Å². The number of aliphatic carboxylic acids is 1. The average molecular weight is 188 g/mol. The normalized spacial score (nSPS) is 13.5. The number of hydrogen-bond acceptors (Lipinski definition) is 3. The first-order valence-electron chi connectivity index (χ1n) is 4.06. The fourth-order valence-corrected chi connectivity index (χ4v) is 0.592. The highest BCUT2D eigenvalue weighted by molar-refractivity contribution is 5.87. The molecule has 0 saturated carbocycles. The Morgan fingerprint density at radius 2 is 2.00 bits per heavy atom. The molecule has 0 aliphatic rings. The largest absolute Gasteiger partial charge is 0.480 e. The number of nitrogens with one attached hydrogen (secondary N) is 1. The van der Waals surface area contributed by atoms with Crippen LogP contribution in [-0.2, 0) is 9.59 Å². The van der Waals surface area contributed by atoms with Crippen molar-refractivity contribution in [3.05, 3.63) is 0 Å². The van der Waals surface area contributed by atoms with Gasteiger partial charge in [-0.2, -0.15) is 0 Å². The third-order valence-corrected chi connectivity index (χ3v) is 1.77. The SMILES string of the molecule is CC(CN)C(=O)NC(C)(C)C(=O)O. The Hall–Kier alpha value is -1.10. The zero-order chi connectivity index (χ0) is 10.6. The van der Waals surface area contributed by atoms with Crippen molar-refractivity contribution in [1.82, 2.24) is 5.32 Å². The fraction of sp³-hybridized carbons (Fsp3) is 0.750. The monoisotopic (exact) mass is 188 g/mol. The van der Waals surface area contributed by atoms with Gasteiger partial charge in [0, 0.05) is 12.5 Å². The van der Waals surface area contributed by atoms with Crippen LogP contribution in [0.2, 0.25) is 0 Å². The average Bonchev–Trinajstić information content (AvgIpc) is 2.01. The second kappa shape index (κ2) is 4.23. The third kappa shape index (κ3) is 3.42. The van der Waals surface area contributed by atoms with Crippen LogP contribution in [0.3, 0.4) is 0 Å². The molecule has 13 heavy (non-hydrogen) atoms. The van der Waals surface area contributed by atoms with E-state index >= 15 is 0 Å². The van der Waals surface area contributed by atoms with Gasteiger partial charge in [0.1, 0.15) is 5.54 Å². The lowest BCUT2D eigenvalue weighted by atomic mass is 10.0. The van der Waals surface area contributed by atoms with E-state index in [2.05, 4.69) is 5.32 Å². The van der Waals surface area contributed by atoms with Crippen molar-refractivity contribution >= 4 is 11.9 Å². The molecule has 76 valence electrons. The van der Waals surface area contributed by atoms with E-state index < -0.39 is 11.5 Å². The maximum Gasteiger partial charge on any atom is 0.328 e. The van der Waals surface area contributed by atoms with Crippen LogP contribution in [0.4, 0.5) is 0 Å². The first-order valence-corrected chi connectivity index (χ1v) is 4.06. The van der Waals surface area contributed by atoms with E-state index in [-0.39, 0.29) is 18.4 Å². The molecular weight excluding hydrogens is 172 g/mol. The van der Waals surface area contributed by atoms with Gasteiger partial charge in [0.15, 0.2) is 0 Å². The molecule has 0 rings (SSSR count). The number of hydrogen-bond donors (Lipinski definition) is 3. The second-order valence-electron chi connectivity index (χ2n) is 3.56. The van der Waals surface area contributed by atoms with Crippen molar-refractivity contribution in [2.75, 3.05) is 6.54 Å². The number of nitrogens with two attached hydrogens (primary N) is 1. The van der Waals surface area contributed by atoms with E-state index in [1.165, 1.54) is 13.8 Å². The van der Waals surface area contributed by atoms with E-state index in [0.29, 0.717) is 0 Å². The number of carboxylic acid groups (broad SMARTS) is 1. The Morgan fingerprint density at radius 1 is 1.54 bits per heavy atom. The maximum absolute atomic E-state index is 11.2. The molecule has 0 fully saturated rings. The second-order valence-corrected chi connectivity index (χ2v) is 3.56. The van der Waals surface area contributed by atoms with Gasteiger partial charge in [-0.25, -0.2) is 4.79 Å². The van der Waals surface area contributed by atoms with Crippen LogP contribution >= 0.6 is 0 Å². The number of carbonyl (C=O) groups excluding carboxylic acids is 1. The topological polar surface area (TPSA) is 92.4 Å². The van der Waals surface area contributed by atoms with Gasteiger partial charge in [-0.3, -0.25) is 4.79 Å². The van der Waals surface area contributed by atoms with Crippen molar-refractivity contribution < 1.29 is 14.7 Å². The molecule has 0 radical (unpaired) electrons. The summed E-state index contributed by atoms with van der Waals surface area (Å²) in [5.74, 6) is -1.77. The number of carboxylic acids is 1. The van der Waals surface area contributed by atoms with Crippen molar-refractivity contribution in [3.8, 4) is 0 Å². The highest BCUT2D eigenvalue weighted by Gasteiger charge is 2.30. The van der Waals surface area contributed by atoms with Gasteiger partial charge in [-0.15, -0.1) is 0 Å². The zero-order valence-electron chi connectivity index (χ0n) is 8.13. The van der Waals surface area contributed by atoms with Crippen LogP contribution in [0.15, 0.2) is 0 Å². The molecule has 0 aromatic rings. The number of carbonyl (C=O) groups is 2. The summed E-state index contributed by atoms with van der Waals surface area (Å²) in [6.45, 7) is 4.71. The molecule has 5 nitrogen and oxygen atoms in total. The Labute approximate surface area is 77.3 Å². The van der Waals surface area contributed by atoms with Crippen LogP contribution in [0.25, 0.3) is 0 Å². The molecule has 0 heterocycles. The van der Waals surface area contributed by atoms with Crippen LogP contribution in [0.5, 0.6) is 0 Å². The summed E-state index contributed by atoms with van der Waals surface area (Å²) in [7, 11) is 0. The van der Waals surface area contributed by atoms with Crippen LogP contribution < -0.4 is 11.1 Å². The molecule has 5 heteroatoms. The van der Waals surface area contributed by atoms with Gasteiger partial charge < -0.3 is 16.2 Å². The molecule has 1 amide bonds. The molecule has 4 N–H and O–H groups in total. The minimum atomic E-state index is -1.24. The minimum absolute atomic E-state index is 0.210. The van der Waals surface area contributed by atoms with Crippen molar-refractivity contribution in [2.45, 2.75) is 26.3 Å². The van der Waals surface area contributed by atoms with Crippen LogP contribution in [0, 0.1) is 5.92 Å². The molecule has 1 unspecified atom stereocenters. The molecule has 0 spiro atoms. The highest BCUT2D eigenvalue weighted by atomic mass is 16.4. The number of amides is 1. The lowest BCUT2D eigenvalue weighted by molar-refractivity contribution is -0.146. The van der Waals surface area contributed by atoms with Gasteiger partial charge in [-0.05, 0) is 13.8 Å². The first-order chi connectivity index (χ1) is 5.81. The molecule has 0 aliphatic heterocycles. The summed E-state index contributed by atoms with van der Waals surface area (Å²) in [6, 6.07) is 0. The molecule has 1 atom stereocenters. The summed E-state index contributed by atoms with van der Waals surface area (Å²) in [6.07, 6.45) is 0. The van der Waals surface area contributed by atoms with E-state index in [1.54, 1.807) is 6.92 Å². The van der Waals surface area contributed by atoms with Crippen LogP contribution in [0.1, 0.15) is 20.8 Å². The fourth-order valence-electron chi connectivity index (χ4n) is 0.592. The summed E-state index contributed by atoms with van der Waals surface area (Å²) in [5, 5.41) is 11.1. The van der Waals surface area contributed by atoms with Gasteiger partial charge in [0.2, 0.25) is 5.91 Å². The Balaban J connectivity index is 4.28. The van der Waals surface area contributed by atoms with E-state index in [1.807, 2.05) is 0 Å². The van der Waals surface area contributed by atoms with Crippen molar-refractivity contribution in [2.24, 2.45) is 11.7 Å². The van der Waals surface area contributed by atoms with Crippen molar-refractivity contribution in [3.63, 3.8) is 0 Å². The molecular formula is C8H16N2O3. The minimum Gasteiger partial charge on any atom is -0.480 e. The summed E-state index contributed by atoms with van der Waals surface area (Å²) in [5.41, 5.74) is 4.02. The molecule has 0 bridgehead atoms. The molecule has 0 aromatic carbocycles. The molecule has 0 aromatic heterocycles. The van der Waals surface area contributed by atoms with Gasteiger partial charge in [-0.1, -0.05) is 6.92 Å². The summed E-state index contributed by atoms with van der Waals surface area (Å²) in [4.78, 5) is 21.9. The summed E-state index contributed by atoms with van der Waals surface area (Å²) < 4.78 is 0. The zero-order valence-corrected chi connectivity index (χ0v) is 8.13. The summed E-state index contributed by atoms with van der Waals surface area (Å²) >= 11 is 0. The Bertz CT molecular complexity index is 213. The standard InChI is InChI=1S/C8H16N2O3/c1-5(4-9)6(11)10-8(2,3)7(12)13/h5H,4,9H2,1-3H3,(H,10,11)(H,12,13). The van der Waals surface area contributed by atoms with Gasteiger partial charge >= 0.3 is 5.97 Å². The van der Waals surface area contributed by atoms with Crippen LogP contribution in [-0.4, -0.2) is 29.1 Å². The van der Waals surface area contributed by atoms with Gasteiger partial charge in [0.05, 0.1) is 0 Å². The molecule has 0 saturated heterocycles. The number of rotatable bonds is 4. The van der Waals surface area contributed by atoms with E-state index in [9.17, 15) is 9.59 Å². The van der Waals surface area contributed by atoms with Gasteiger partial charge in [0.25, 0.3) is 0 Å². The smallest absolute Gasteiger partial charge is 0.328 e. The predicted octanol–water partition coefficient (Wildman–Crippen LogP) is -0.439. The maximum atomic E-state index is 11.2. The highest BCUT2D eigenvalue weighted by Crippen LogP contribution is 2.03. The Morgan fingerprint density at radius 3 is 2.31 bits per heavy atom. The lowest BCUT2D eigenvalue weighted by Gasteiger charge is -2.22. The molecule has 0 aliphatic carbocycles. The Kier molecular flexibility index (Phi) is 3.87. The van der Waals surface area contributed by atoms with E-state index in [4.69, 9.17) is 10.8 Å². The first kappa shape index (κ1) is 11.9.